The molecule has 1 saturated heterocycles. The molecular formula is C21H26N6O2S. The van der Waals surface area contributed by atoms with Crippen LogP contribution >= 0.6 is 11.3 Å². The molecule has 30 heavy (non-hydrogen) atoms. The van der Waals surface area contributed by atoms with E-state index in [9.17, 15) is 9.59 Å². The van der Waals surface area contributed by atoms with Crippen molar-refractivity contribution in [3.05, 3.63) is 51.9 Å². The Balaban J connectivity index is 1.48. The lowest BCUT2D eigenvalue weighted by molar-refractivity contribution is 0.0948. The molecule has 1 fully saturated rings. The van der Waals surface area contributed by atoms with Gasteiger partial charge in [0.05, 0.1) is 0 Å². The second-order valence-corrected chi connectivity index (χ2v) is 8.90. The Labute approximate surface area is 179 Å². The average Bonchev–Trinajstić information content (AvgIpc) is 3.18. The molecule has 0 unspecified atom stereocenters. The third-order valence-corrected chi connectivity index (χ3v) is 6.46. The van der Waals surface area contributed by atoms with E-state index in [1.165, 1.54) is 22.0 Å². The summed E-state index contributed by atoms with van der Waals surface area (Å²) in [5.41, 5.74) is 1.61. The summed E-state index contributed by atoms with van der Waals surface area (Å²) in [6.07, 6.45) is 3.57. The third-order valence-electron chi connectivity index (χ3n) is 5.48. The van der Waals surface area contributed by atoms with Crippen LogP contribution in [0.2, 0.25) is 0 Å². The van der Waals surface area contributed by atoms with E-state index >= 15 is 0 Å². The summed E-state index contributed by atoms with van der Waals surface area (Å²) in [6.45, 7) is 4.44. The summed E-state index contributed by atoms with van der Waals surface area (Å²) in [6, 6.07) is 7.89. The van der Waals surface area contributed by atoms with Crippen LogP contribution in [0, 0.1) is 5.92 Å². The molecule has 4 rings (SSSR count). The van der Waals surface area contributed by atoms with Crippen molar-refractivity contribution in [3.63, 3.8) is 0 Å². The maximum absolute atomic E-state index is 12.8. The molecule has 1 aliphatic rings. The fraction of sp³-hybridized carbons (Fsp3) is 0.429. The SMILES string of the molecule is CC1CCN(c2nn3c(=O)c(C(=O)NCc4ccc(N(C)C)cc4)cnc3s2)CC1. The number of piperidine rings is 1. The maximum Gasteiger partial charge on any atom is 0.288 e. The molecule has 0 bridgehead atoms. The number of rotatable bonds is 5. The number of hydrogen-bond acceptors (Lipinski definition) is 7. The first-order valence-corrected chi connectivity index (χ1v) is 10.9. The lowest BCUT2D eigenvalue weighted by atomic mass is 10.00. The van der Waals surface area contributed by atoms with Crippen LogP contribution in [0.25, 0.3) is 4.96 Å². The number of fused-ring (bicyclic) bond motifs is 1. The lowest BCUT2D eigenvalue weighted by Crippen LogP contribution is -2.33. The van der Waals surface area contributed by atoms with Crippen molar-refractivity contribution in [1.29, 1.82) is 0 Å². The molecule has 0 saturated carbocycles. The molecule has 2 aromatic heterocycles. The van der Waals surface area contributed by atoms with Gasteiger partial charge in [-0.05, 0) is 36.5 Å². The standard InChI is InChI=1S/C21H26N6O2S/c1-14-8-10-26(11-9-14)21-24-27-19(29)17(13-23-20(27)30-21)18(28)22-12-15-4-6-16(7-5-15)25(2)3/h4-7,13-14H,8-12H2,1-3H3,(H,22,28). The minimum atomic E-state index is -0.445. The Morgan fingerprint density at radius 3 is 2.60 bits per heavy atom. The Bertz CT molecular complexity index is 1100. The summed E-state index contributed by atoms with van der Waals surface area (Å²) in [7, 11) is 3.95. The van der Waals surface area contributed by atoms with Crippen molar-refractivity contribution in [2.75, 3.05) is 37.0 Å². The van der Waals surface area contributed by atoms with E-state index in [-0.39, 0.29) is 5.56 Å². The monoisotopic (exact) mass is 426 g/mol. The van der Waals surface area contributed by atoms with Crippen LogP contribution in [-0.4, -0.2) is 47.7 Å². The highest BCUT2D eigenvalue weighted by Gasteiger charge is 2.21. The molecule has 3 heterocycles. The van der Waals surface area contributed by atoms with Gasteiger partial charge in [-0.1, -0.05) is 30.4 Å². The topological polar surface area (TPSA) is 82.8 Å². The molecule has 3 aromatic rings. The summed E-state index contributed by atoms with van der Waals surface area (Å²) >= 11 is 1.38. The van der Waals surface area contributed by atoms with E-state index in [2.05, 4.69) is 27.2 Å². The zero-order valence-corrected chi connectivity index (χ0v) is 18.3. The largest absolute Gasteiger partial charge is 0.378 e. The van der Waals surface area contributed by atoms with Gasteiger partial charge in [0.25, 0.3) is 11.5 Å². The second-order valence-electron chi connectivity index (χ2n) is 7.97. The Morgan fingerprint density at radius 1 is 1.23 bits per heavy atom. The van der Waals surface area contributed by atoms with Gasteiger partial charge in [-0.3, -0.25) is 9.59 Å². The molecule has 0 atom stereocenters. The smallest absolute Gasteiger partial charge is 0.288 e. The molecule has 0 radical (unpaired) electrons. The van der Waals surface area contributed by atoms with Gasteiger partial charge in [-0.2, -0.15) is 4.52 Å². The summed E-state index contributed by atoms with van der Waals surface area (Å²) in [5, 5.41) is 8.04. The molecule has 1 N–H and O–H groups in total. The van der Waals surface area contributed by atoms with Gasteiger partial charge in [-0.15, -0.1) is 5.10 Å². The number of hydrogen-bond donors (Lipinski definition) is 1. The van der Waals surface area contributed by atoms with Crippen LogP contribution < -0.4 is 20.7 Å². The number of nitrogens with zero attached hydrogens (tertiary/aromatic N) is 5. The number of anilines is 2. The van der Waals surface area contributed by atoms with E-state index in [0.717, 1.165) is 42.3 Å². The quantitative estimate of drug-likeness (QED) is 0.675. The maximum atomic E-state index is 12.8. The average molecular weight is 427 g/mol. The van der Waals surface area contributed by atoms with E-state index in [4.69, 9.17) is 0 Å². The van der Waals surface area contributed by atoms with Crippen LogP contribution in [0.1, 0.15) is 35.7 Å². The predicted molar refractivity (Wildman–Crippen MR) is 120 cm³/mol. The van der Waals surface area contributed by atoms with Gasteiger partial charge in [0.1, 0.15) is 5.56 Å². The molecule has 0 spiro atoms. The molecule has 0 aliphatic carbocycles. The van der Waals surface area contributed by atoms with Crippen LogP contribution in [0.4, 0.5) is 10.8 Å². The fourth-order valence-corrected chi connectivity index (χ4v) is 4.36. The molecule has 8 nitrogen and oxygen atoms in total. The van der Waals surface area contributed by atoms with Crippen LogP contribution in [0.3, 0.4) is 0 Å². The van der Waals surface area contributed by atoms with Crippen LogP contribution in [0.5, 0.6) is 0 Å². The van der Waals surface area contributed by atoms with Crippen molar-refractivity contribution >= 4 is 33.0 Å². The van der Waals surface area contributed by atoms with Crippen LogP contribution in [0.15, 0.2) is 35.3 Å². The van der Waals surface area contributed by atoms with Gasteiger partial charge in [0.2, 0.25) is 10.1 Å². The van der Waals surface area contributed by atoms with E-state index in [1.807, 2.05) is 43.3 Å². The predicted octanol–water partition coefficient (Wildman–Crippen LogP) is 2.38. The third kappa shape index (κ3) is 4.16. The first-order valence-electron chi connectivity index (χ1n) is 10.1. The van der Waals surface area contributed by atoms with Crippen molar-refractivity contribution in [1.82, 2.24) is 19.9 Å². The number of benzene rings is 1. The first-order chi connectivity index (χ1) is 14.4. The highest BCUT2D eigenvalue weighted by molar-refractivity contribution is 7.20. The van der Waals surface area contributed by atoms with Crippen molar-refractivity contribution in [3.8, 4) is 0 Å². The molecule has 1 aromatic carbocycles. The zero-order valence-electron chi connectivity index (χ0n) is 17.5. The summed E-state index contributed by atoms with van der Waals surface area (Å²) in [5.74, 6) is 0.269. The van der Waals surface area contributed by atoms with E-state index in [0.29, 0.717) is 17.4 Å². The molecule has 9 heteroatoms. The number of carbonyl (C=O) groups is 1. The molecule has 1 aliphatic heterocycles. The second kappa shape index (κ2) is 8.43. The Hall–Kier alpha value is -2.94. The number of amides is 1. The molecular weight excluding hydrogens is 400 g/mol. The van der Waals surface area contributed by atoms with Gasteiger partial charge in [-0.25, -0.2) is 4.98 Å². The highest BCUT2D eigenvalue weighted by atomic mass is 32.1. The first kappa shape index (κ1) is 20.3. The Kier molecular flexibility index (Phi) is 5.72. The van der Waals surface area contributed by atoms with Gasteiger partial charge >= 0.3 is 0 Å². The van der Waals surface area contributed by atoms with E-state index < -0.39 is 11.5 Å². The molecule has 1 amide bonds. The minimum Gasteiger partial charge on any atom is -0.378 e. The summed E-state index contributed by atoms with van der Waals surface area (Å²) in [4.78, 5) is 34.4. The summed E-state index contributed by atoms with van der Waals surface area (Å²) < 4.78 is 1.25. The van der Waals surface area contributed by atoms with Crippen LogP contribution in [-0.2, 0) is 6.54 Å². The minimum absolute atomic E-state index is 0.00141. The fourth-order valence-electron chi connectivity index (χ4n) is 3.45. The molecule has 158 valence electrons. The number of nitrogens with one attached hydrogen (secondary N) is 1. The van der Waals surface area contributed by atoms with Crippen molar-refractivity contribution in [2.24, 2.45) is 5.92 Å². The van der Waals surface area contributed by atoms with Crippen molar-refractivity contribution in [2.45, 2.75) is 26.3 Å². The zero-order chi connectivity index (χ0) is 21.3. The van der Waals surface area contributed by atoms with Crippen molar-refractivity contribution < 1.29 is 4.79 Å². The van der Waals surface area contributed by atoms with E-state index in [1.54, 1.807) is 0 Å². The Morgan fingerprint density at radius 2 is 1.93 bits per heavy atom. The number of aromatic nitrogens is 3. The lowest BCUT2D eigenvalue weighted by Gasteiger charge is -2.29. The number of carbonyl (C=O) groups excluding carboxylic acids is 1. The highest BCUT2D eigenvalue weighted by Crippen LogP contribution is 2.26. The van der Waals surface area contributed by atoms with Gasteiger partial charge in [0, 0.05) is 45.6 Å². The van der Waals surface area contributed by atoms with Gasteiger partial charge in [0.15, 0.2) is 0 Å². The van der Waals surface area contributed by atoms with Gasteiger partial charge < -0.3 is 15.1 Å². The normalized spacial score (nSPS) is 14.8.